The summed E-state index contributed by atoms with van der Waals surface area (Å²) in [4.78, 5) is 14.1. The van der Waals surface area contributed by atoms with Crippen LogP contribution in [0.25, 0.3) is 0 Å². The zero-order chi connectivity index (χ0) is 13.0. The van der Waals surface area contributed by atoms with Crippen molar-refractivity contribution < 1.29 is 4.79 Å². The van der Waals surface area contributed by atoms with Crippen molar-refractivity contribution in [3.05, 3.63) is 28.7 Å². The Hall–Kier alpha value is -0.870. The van der Waals surface area contributed by atoms with E-state index < -0.39 is 0 Å². The highest BCUT2D eigenvalue weighted by Crippen LogP contribution is 2.16. The first kappa shape index (κ1) is 13.6. The number of likely N-dealkylation sites (tertiary alicyclic amines) is 1. The molecule has 1 amide bonds. The SMILES string of the molecule is C[C@H]1CCCN(CC(=O)Nc2ccc(Br)cc2)C1. The summed E-state index contributed by atoms with van der Waals surface area (Å²) >= 11 is 3.38. The average Bonchev–Trinajstić information content (AvgIpc) is 2.32. The van der Waals surface area contributed by atoms with Crippen LogP contribution in [0.4, 0.5) is 5.69 Å². The van der Waals surface area contributed by atoms with Gasteiger partial charge in [0.15, 0.2) is 0 Å². The van der Waals surface area contributed by atoms with Gasteiger partial charge in [0.25, 0.3) is 0 Å². The Morgan fingerprint density at radius 3 is 2.83 bits per heavy atom. The summed E-state index contributed by atoms with van der Waals surface area (Å²) in [6, 6.07) is 7.67. The number of halogens is 1. The molecule has 0 aromatic heterocycles. The van der Waals surface area contributed by atoms with Gasteiger partial charge < -0.3 is 5.32 Å². The second-order valence-electron chi connectivity index (χ2n) is 5.04. The van der Waals surface area contributed by atoms with E-state index in [9.17, 15) is 4.79 Å². The fourth-order valence-corrected chi connectivity index (χ4v) is 2.63. The number of carbonyl (C=O) groups excluding carboxylic acids is 1. The lowest BCUT2D eigenvalue weighted by Gasteiger charge is -2.30. The number of nitrogens with zero attached hydrogens (tertiary/aromatic N) is 1. The molecule has 0 aliphatic carbocycles. The second-order valence-corrected chi connectivity index (χ2v) is 5.95. The molecule has 1 heterocycles. The Labute approximate surface area is 117 Å². The van der Waals surface area contributed by atoms with Crippen molar-refractivity contribution in [3.63, 3.8) is 0 Å². The molecule has 0 bridgehead atoms. The maximum Gasteiger partial charge on any atom is 0.238 e. The van der Waals surface area contributed by atoms with Crippen LogP contribution in [-0.4, -0.2) is 30.4 Å². The Morgan fingerprint density at radius 2 is 2.17 bits per heavy atom. The molecule has 18 heavy (non-hydrogen) atoms. The van der Waals surface area contributed by atoms with Crippen LogP contribution in [0, 0.1) is 5.92 Å². The predicted molar refractivity (Wildman–Crippen MR) is 77.6 cm³/mol. The first-order valence-corrected chi connectivity index (χ1v) is 7.20. The third kappa shape index (κ3) is 4.10. The van der Waals surface area contributed by atoms with Crippen molar-refractivity contribution in [1.29, 1.82) is 0 Å². The van der Waals surface area contributed by atoms with Crippen LogP contribution >= 0.6 is 15.9 Å². The fourth-order valence-electron chi connectivity index (χ4n) is 2.37. The summed E-state index contributed by atoms with van der Waals surface area (Å²) in [6.45, 7) is 4.82. The van der Waals surface area contributed by atoms with E-state index >= 15 is 0 Å². The lowest BCUT2D eigenvalue weighted by atomic mass is 10.0. The van der Waals surface area contributed by atoms with Gasteiger partial charge in [0, 0.05) is 16.7 Å². The monoisotopic (exact) mass is 310 g/mol. The molecule has 0 spiro atoms. The molecular weight excluding hydrogens is 292 g/mol. The largest absolute Gasteiger partial charge is 0.325 e. The minimum Gasteiger partial charge on any atom is -0.325 e. The van der Waals surface area contributed by atoms with Gasteiger partial charge in [-0.25, -0.2) is 0 Å². The van der Waals surface area contributed by atoms with Crippen molar-refractivity contribution >= 4 is 27.5 Å². The molecule has 4 heteroatoms. The number of rotatable bonds is 3. The Balaban J connectivity index is 1.83. The summed E-state index contributed by atoms with van der Waals surface area (Å²) in [7, 11) is 0. The van der Waals surface area contributed by atoms with E-state index in [2.05, 4.69) is 33.1 Å². The molecule has 0 radical (unpaired) electrons. The maximum atomic E-state index is 11.9. The van der Waals surface area contributed by atoms with E-state index in [0.717, 1.165) is 23.2 Å². The Morgan fingerprint density at radius 1 is 1.44 bits per heavy atom. The number of hydrogen-bond acceptors (Lipinski definition) is 2. The molecular formula is C14H19BrN2O. The number of piperidine rings is 1. The van der Waals surface area contributed by atoms with Gasteiger partial charge in [0.2, 0.25) is 5.91 Å². The van der Waals surface area contributed by atoms with Crippen molar-refractivity contribution in [2.45, 2.75) is 19.8 Å². The van der Waals surface area contributed by atoms with Crippen molar-refractivity contribution in [3.8, 4) is 0 Å². The number of hydrogen-bond donors (Lipinski definition) is 1. The molecule has 1 aliphatic heterocycles. The molecule has 1 atom stereocenters. The van der Waals surface area contributed by atoms with Gasteiger partial charge in [-0.2, -0.15) is 0 Å². The number of anilines is 1. The summed E-state index contributed by atoms with van der Waals surface area (Å²) in [6.07, 6.45) is 2.48. The molecule has 98 valence electrons. The Bertz CT molecular complexity index is 405. The highest BCUT2D eigenvalue weighted by Gasteiger charge is 2.18. The van der Waals surface area contributed by atoms with E-state index in [1.54, 1.807) is 0 Å². The smallest absolute Gasteiger partial charge is 0.238 e. The van der Waals surface area contributed by atoms with E-state index in [-0.39, 0.29) is 5.91 Å². The average molecular weight is 311 g/mol. The molecule has 1 aromatic rings. The number of benzene rings is 1. The quantitative estimate of drug-likeness (QED) is 0.930. The van der Waals surface area contributed by atoms with Crippen LogP contribution < -0.4 is 5.32 Å². The summed E-state index contributed by atoms with van der Waals surface area (Å²) < 4.78 is 1.02. The minimum absolute atomic E-state index is 0.0754. The second kappa shape index (κ2) is 6.34. The third-order valence-electron chi connectivity index (χ3n) is 3.24. The predicted octanol–water partition coefficient (Wildman–Crippen LogP) is 3.12. The van der Waals surface area contributed by atoms with Crippen LogP contribution in [0.1, 0.15) is 19.8 Å². The molecule has 1 aromatic carbocycles. The van der Waals surface area contributed by atoms with Crippen molar-refractivity contribution in [2.75, 3.05) is 25.0 Å². The number of carbonyl (C=O) groups is 1. The zero-order valence-electron chi connectivity index (χ0n) is 10.7. The van der Waals surface area contributed by atoms with E-state index in [1.807, 2.05) is 24.3 Å². The highest BCUT2D eigenvalue weighted by molar-refractivity contribution is 9.10. The van der Waals surface area contributed by atoms with Gasteiger partial charge in [-0.15, -0.1) is 0 Å². The number of nitrogens with one attached hydrogen (secondary N) is 1. The topological polar surface area (TPSA) is 32.3 Å². The van der Waals surface area contributed by atoms with Crippen molar-refractivity contribution in [2.24, 2.45) is 5.92 Å². The van der Waals surface area contributed by atoms with Crippen LogP contribution in [0.5, 0.6) is 0 Å². The van der Waals surface area contributed by atoms with Crippen LogP contribution in [-0.2, 0) is 4.79 Å². The van der Waals surface area contributed by atoms with Gasteiger partial charge in [0.05, 0.1) is 6.54 Å². The third-order valence-corrected chi connectivity index (χ3v) is 3.76. The standard InChI is InChI=1S/C14H19BrN2O/c1-11-3-2-8-17(9-11)10-14(18)16-13-6-4-12(15)5-7-13/h4-7,11H,2-3,8-10H2,1H3,(H,16,18)/t11-/m0/s1. The molecule has 3 nitrogen and oxygen atoms in total. The zero-order valence-corrected chi connectivity index (χ0v) is 12.2. The summed E-state index contributed by atoms with van der Waals surface area (Å²) in [5.41, 5.74) is 0.855. The van der Waals surface area contributed by atoms with E-state index in [4.69, 9.17) is 0 Å². The molecule has 0 unspecified atom stereocenters. The highest BCUT2D eigenvalue weighted by atomic mass is 79.9. The van der Waals surface area contributed by atoms with Gasteiger partial charge in [-0.3, -0.25) is 9.69 Å². The van der Waals surface area contributed by atoms with E-state index in [0.29, 0.717) is 12.5 Å². The lowest BCUT2D eigenvalue weighted by molar-refractivity contribution is -0.117. The van der Waals surface area contributed by atoms with Gasteiger partial charge in [-0.05, 0) is 49.6 Å². The normalized spacial score (nSPS) is 20.7. The van der Waals surface area contributed by atoms with Crippen LogP contribution in [0.2, 0.25) is 0 Å². The first-order chi connectivity index (χ1) is 8.63. The molecule has 0 saturated carbocycles. The van der Waals surface area contributed by atoms with E-state index in [1.165, 1.54) is 12.8 Å². The van der Waals surface area contributed by atoms with Crippen molar-refractivity contribution in [1.82, 2.24) is 4.90 Å². The lowest BCUT2D eigenvalue weighted by Crippen LogP contribution is -2.39. The maximum absolute atomic E-state index is 11.9. The minimum atomic E-state index is 0.0754. The van der Waals surface area contributed by atoms with Crippen LogP contribution in [0.15, 0.2) is 28.7 Å². The Kier molecular flexibility index (Phi) is 4.78. The first-order valence-electron chi connectivity index (χ1n) is 6.41. The molecule has 1 N–H and O–H groups in total. The molecule has 1 fully saturated rings. The van der Waals surface area contributed by atoms with Crippen LogP contribution in [0.3, 0.4) is 0 Å². The molecule has 1 saturated heterocycles. The van der Waals surface area contributed by atoms with Gasteiger partial charge >= 0.3 is 0 Å². The fraction of sp³-hybridized carbons (Fsp3) is 0.500. The number of amides is 1. The van der Waals surface area contributed by atoms with Gasteiger partial charge in [0.1, 0.15) is 0 Å². The molecule has 1 aliphatic rings. The summed E-state index contributed by atoms with van der Waals surface area (Å²) in [5, 5.41) is 2.93. The molecule has 2 rings (SSSR count). The summed E-state index contributed by atoms with van der Waals surface area (Å²) in [5.74, 6) is 0.783. The van der Waals surface area contributed by atoms with Gasteiger partial charge in [-0.1, -0.05) is 22.9 Å².